The first kappa shape index (κ1) is 15.0. The Morgan fingerprint density at radius 1 is 1.50 bits per heavy atom. The maximum atomic E-state index is 10.6. The van der Waals surface area contributed by atoms with Crippen LogP contribution in [0.1, 0.15) is 33.0 Å². The molecule has 1 aromatic rings. The number of carboxylic acid groups (broad SMARTS) is 1. The Morgan fingerprint density at radius 3 is 2.61 bits per heavy atom. The van der Waals surface area contributed by atoms with Crippen molar-refractivity contribution in [2.24, 2.45) is 0 Å². The molecule has 102 valence electrons. The molecule has 1 aromatic heterocycles. The summed E-state index contributed by atoms with van der Waals surface area (Å²) in [5.41, 5.74) is -0.495. The predicted octanol–water partition coefficient (Wildman–Crippen LogP) is 1.75. The van der Waals surface area contributed by atoms with Crippen LogP contribution in [0.2, 0.25) is 0 Å². The quantitative estimate of drug-likeness (QED) is 0.763. The lowest BCUT2D eigenvalue weighted by molar-refractivity contribution is -0.133. The highest BCUT2D eigenvalue weighted by molar-refractivity contribution is 7.99. The fourth-order valence-electron chi connectivity index (χ4n) is 1.59. The SMILES string of the molecule is CCn1c(SCC(=O)O)nnc1C(C)(CC)OC. The van der Waals surface area contributed by atoms with Gasteiger partial charge in [-0.05, 0) is 20.3 Å². The van der Waals surface area contributed by atoms with Gasteiger partial charge in [0.1, 0.15) is 5.60 Å². The minimum atomic E-state index is -0.864. The van der Waals surface area contributed by atoms with Crippen LogP contribution in [-0.4, -0.2) is 38.7 Å². The van der Waals surface area contributed by atoms with Gasteiger partial charge in [-0.2, -0.15) is 0 Å². The molecule has 0 aliphatic rings. The summed E-state index contributed by atoms with van der Waals surface area (Å²) in [4.78, 5) is 10.6. The standard InChI is InChI=1S/C11H19N3O3S/c1-5-11(3,17-4)9-12-13-10(14(9)6-2)18-7-8(15)16/h5-7H2,1-4H3,(H,15,16). The zero-order chi connectivity index (χ0) is 13.8. The van der Waals surface area contributed by atoms with E-state index >= 15 is 0 Å². The highest BCUT2D eigenvalue weighted by atomic mass is 32.2. The zero-order valence-electron chi connectivity index (χ0n) is 11.1. The average molecular weight is 273 g/mol. The number of hydrogen-bond acceptors (Lipinski definition) is 5. The summed E-state index contributed by atoms with van der Waals surface area (Å²) in [6.07, 6.45) is 0.769. The van der Waals surface area contributed by atoms with Crippen molar-refractivity contribution in [3.05, 3.63) is 5.82 Å². The molecular formula is C11H19N3O3S. The van der Waals surface area contributed by atoms with Gasteiger partial charge in [-0.25, -0.2) is 0 Å². The molecule has 7 heteroatoms. The van der Waals surface area contributed by atoms with Crippen molar-refractivity contribution in [1.82, 2.24) is 14.8 Å². The average Bonchev–Trinajstić information content (AvgIpc) is 2.78. The molecule has 0 radical (unpaired) electrons. The number of methoxy groups -OCH3 is 1. The third kappa shape index (κ3) is 3.02. The van der Waals surface area contributed by atoms with Crippen LogP contribution in [0.3, 0.4) is 0 Å². The van der Waals surface area contributed by atoms with Crippen LogP contribution < -0.4 is 0 Å². The van der Waals surface area contributed by atoms with Gasteiger partial charge >= 0.3 is 5.97 Å². The Labute approximate surface area is 111 Å². The van der Waals surface area contributed by atoms with Crippen LogP contribution in [0, 0.1) is 0 Å². The summed E-state index contributed by atoms with van der Waals surface area (Å²) in [6, 6.07) is 0. The number of hydrogen-bond donors (Lipinski definition) is 1. The second kappa shape index (κ2) is 6.19. The van der Waals surface area contributed by atoms with E-state index in [9.17, 15) is 4.79 Å². The van der Waals surface area contributed by atoms with E-state index in [4.69, 9.17) is 9.84 Å². The largest absolute Gasteiger partial charge is 0.481 e. The molecule has 0 aliphatic carbocycles. The van der Waals surface area contributed by atoms with Crippen molar-refractivity contribution in [3.63, 3.8) is 0 Å². The highest BCUT2D eigenvalue weighted by Gasteiger charge is 2.31. The summed E-state index contributed by atoms with van der Waals surface area (Å²) < 4.78 is 7.41. The summed E-state index contributed by atoms with van der Waals surface area (Å²) in [5, 5.41) is 17.5. The fraction of sp³-hybridized carbons (Fsp3) is 0.727. The van der Waals surface area contributed by atoms with E-state index in [2.05, 4.69) is 10.2 Å². The van der Waals surface area contributed by atoms with Crippen LogP contribution in [0.5, 0.6) is 0 Å². The molecule has 1 unspecified atom stereocenters. The van der Waals surface area contributed by atoms with Crippen molar-refractivity contribution in [1.29, 1.82) is 0 Å². The Balaban J connectivity index is 3.04. The van der Waals surface area contributed by atoms with E-state index in [-0.39, 0.29) is 5.75 Å². The Bertz CT molecular complexity index is 416. The van der Waals surface area contributed by atoms with Crippen molar-refractivity contribution in [2.75, 3.05) is 12.9 Å². The van der Waals surface area contributed by atoms with Crippen molar-refractivity contribution in [2.45, 2.75) is 44.5 Å². The molecule has 1 heterocycles. The van der Waals surface area contributed by atoms with Gasteiger partial charge in [0.25, 0.3) is 0 Å². The number of carbonyl (C=O) groups is 1. The van der Waals surface area contributed by atoms with Gasteiger partial charge in [0.05, 0.1) is 5.75 Å². The summed E-state index contributed by atoms with van der Waals surface area (Å²) >= 11 is 1.17. The third-order valence-corrected chi connectivity index (χ3v) is 3.91. The molecule has 0 spiro atoms. The zero-order valence-corrected chi connectivity index (χ0v) is 12.0. The minimum Gasteiger partial charge on any atom is -0.481 e. The number of nitrogens with zero attached hydrogens (tertiary/aromatic N) is 3. The Kier molecular flexibility index (Phi) is 5.15. The number of thioether (sulfide) groups is 1. The number of carboxylic acids is 1. The van der Waals surface area contributed by atoms with Crippen molar-refractivity contribution >= 4 is 17.7 Å². The molecule has 0 bridgehead atoms. The molecular weight excluding hydrogens is 254 g/mol. The van der Waals surface area contributed by atoms with Gasteiger partial charge in [0.2, 0.25) is 0 Å². The van der Waals surface area contributed by atoms with Gasteiger partial charge in [-0.3, -0.25) is 4.79 Å². The first-order valence-corrected chi connectivity index (χ1v) is 6.80. The van der Waals surface area contributed by atoms with Crippen LogP contribution in [0.15, 0.2) is 5.16 Å². The van der Waals surface area contributed by atoms with Gasteiger partial charge < -0.3 is 14.4 Å². The highest BCUT2D eigenvalue weighted by Crippen LogP contribution is 2.29. The van der Waals surface area contributed by atoms with E-state index in [1.165, 1.54) is 11.8 Å². The lowest BCUT2D eigenvalue weighted by atomic mass is 10.0. The molecule has 0 fully saturated rings. The van der Waals surface area contributed by atoms with Gasteiger partial charge in [-0.1, -0.05) is 18.7 Å². The van der Waals surface area contributed by atoms with E-state index < -0.39 is 11.6 Å². The molecule has 0 saturated carbocycles. The third-order valence-electron chi connectivity index (χ3n) is 2.96. The normalized spacial score (nSPS) is 14.4. The smallest absolute Gasteiger partial charge is 0.313 e. The number of aromatic nitrogens is 3. The lowest BCUT2D eigenvalue weighted by Gasteiger charge is -2.26. The van der Waals surface area contributed by atoms with E-state index in [0.717, 1.165) is 12.2 Å². The van der Waals surface area contributed by atoms with Crippen molar-refractivity contribution in [3.8, 4) is 0 Å². The summed E-state index contributed by atoms with van der Waals surface area (Å²) in [6.45, 7) is 6.63. The van der Waals surface area contributed by atoms with E-state index in [1.807, 2.05) is 25.3 Å². The fourth-order valence-corrected chi connectivity index (χ4v) is 2.31. The molecule has 0 aromatic carbocycles. The van der Waals surface area contributed by atoms with Crippen LogP contribution in [0.25, 0.3) is 0 Å². The monoisotopic (exact) mass is 273 g/mol. The Hall–Kier alpha value is -1.08. The molecule has 6 nitrogen and oxygen atoms in total. The maximum Gasteiger partial charge on any atom is 0.313 e. The summed E-state index contributed by atoms with van der Waals surface area (Å²) in [5.74, 6) is -0.145. The van der Waals surface area contributed by atoms with Crippen LogP contribution in [0.4, 0.5) is 0 Å². The van der Waals surface area contributed by atoms with Gasteiger partial charge in [0, 0.05) is 13.7 Å². The van der Waals surface area contributed by atoms with Crippen LogP contribution >= 0.6 is 11.8 Å². The first-order valence-electron chi connectivity index (χ1n) is 5.81. The first-order chi connectivity index (χ1) is 8.48. The molecule has 1 N–H and O–H groups in total. The van der Waals surface area contributed by atoms with Gasteiger partial charge in [0.15, 0.2) is 11.0 Å². The lowest BCUT2D eigenvalue weighted by Crippen LogP contribution is -2.28. The van der Waals surface area contributed by atoms with E-state index in [1.54, 1.807) is 7.11 Å². The Morgan fingerprint density at radius 2 is 2.17 bits per heavy atom. The summed E-state index contributed by atoms with van der Waals surface area (Å²) in [7, 11) is 1.64. The van der Waals surface area contributed by atoms with Crippen LogP contribution in [-0.2, 0) is 21.7 Å². The minimum absolute atomic E-state index is 0.0199. The molecule has 0 saturated heterocycles. The second-order valence-corrected chi connectivity index (χ2v) is 4.96. The second-order valence-electron chi connectivity index (χ2n) is 4.02. The maximum absolute atomic E-state index is 10.6. The topological polar surface area (TPSA) is 77.2 Å². The van der Waals surface area contributed by atoms with E-state index in [0.29, 0.717) is 11.7 Å². The molecule has 0 amide bonds. The predicted molar refractivity (Wildman–Crippen MR) is 68.7 cm³/mol. The number of ether oxygens (including phenoxy) is 1. The molecule has 1 atom stereocenters. The molecule has 1 rings (SSSR count). The van der Waals surface area contributed by atoms with Crippen molar-refractivity contribution < 1.29 is 14.6 Å². The number of rotatable bonds is 7. The van der Waals surface area contributed by atoms with Gasteiger partial charge in [-0.15, -0.1) is 10.2 Å². The molecule has 18 heavy (non-hydrogen) atoms. The number of aliphatic carboxylic acids is 1. The molecule has 0 aliphatic heterocycles.